The molecule has 1 atom stereocenters. The molecule has 0 fully saturated rings. The van der Waals surface area contributed by atoms with Crippen molar-refractivity contribution in [1.29, 1.82) is 0 Å². The summed E-state index contributed by atoms with van der Waals surface area (Å²) in [6.45, 7) is 3.32. The number of carbonyl (C=O) groups is 1. The number of ether oxygens (including phenoxy) is 2. The summed E-state index contributed by atoms with van der Waals surface area (Å²) in [5.74, 6) is 1.19. The summed E-state index contributed by atoms with van der Waals surface area (Å²) in [4.78, 5) is 17.3. The normalized spacial score (nSPS) is 17.5. The number of anilines is 1. The second-order valence-electron chi connectivity index (χ2n) is 7.76. The molecule has 10 heteroatoms. The Balaban J connectivity index is 1.49. The van der Waals surface area contributed by atoms with Crippen LogP contribution in [0.2, 0.25) is 0 Å². The Morgan fingerprint density at radius 2 is 2.25 bits per heavy atom. The van der Waals surface area contributed by atoms with Crippen LogP contribution in [0.4, 0.5) is 10.5 Å². The number of amides is 2. The highest BCUT2D eigenvalue weighted by Gasteiger charge is 2.28. The Bertz CT molecular complexity index is 1300. The molecular weight excluding hydrogens is 430 g/mol. The lowest BCUT2D eigenvalue weighted by Gasteiger charge is -2.31. The number of hydrogen-bond acceptors (Lipinski definition) is 7. The molecule has 3 heterocycles. The quantitative estimate of drug-likeness (QED) is 0.596. The van der Waals surface area contributed by atoms with E-state index in [2.05, 4.69) is 32.8 Å². The molecule has 3 aromatic rings. The van der Waals surface area contributed by atoms with Crippen LogP contribution < -0.4 is 14.8 Å². The predicted molar refractivity (Wildman–Crippen MR) is 118 cm³/mol. The van der Waals surface area contributed by atoms with E-state index >= 15 is 0 Å². The molecule has 0 unspecified atom stereocenters. The molecule has 9 nitrogen and oxygen atoms in total. The van der Waals surface area contributed by atoms with Gasteiger partial charge in [-0.25, -0.2) is 14.5 Å². The summed E-state index contributed by atoms with van der Waals surface area (Å²) in [6, 6.07) is 7.02. The maximum Gasteiger partial charge on any atom is 0.322 e. The molecule has 0 radical (unpaired) electrons. The van der Waals surface area contributed by atoms with E-state index in [9.17, 15) is 9.00 Å². The molecule has 0 bridgehead atoms. The van der Waals surface area contributed by atoms with Gasteiger partial charge in [-0.15, -0.1) is 10.6 Å². The van der Waals surface area contributed by atoms with Crippen molar-refractivity contribution in [3.05, 3.63) is 47.8 Å². The zero-order valence-electron chi connectivity index (χ0n) is 17.7. The first-order valence-corrected chi connectivity index (χ1v) is 11.4. The lowest BCUT2D eigenvalue weighted by molar-refractivity contribution is 0.225. The van der Waals surface area contributed by atoms with Crippen LogP contribution in [0.25, 0.3) is 11.1 Å². The van der Waals surface area contributed by atoms with Crippen LogP contribution in [0.15, 0.2) is 45.9 Å². The lowest BCUT2D eigenvalue weighted by atomic mass is 9.76. The fourth-order valence-electron chi connectivity index (χ4n) is 4.19. The molecule has 1 aliphatic heterocycles. The van der Waals surface area contributed by atoms with Gasteiger partial charge in [-0.1, -0.05) is 19.1 Å². The van der Waals surface area contributed by atoms with Crippen LogP contribution in [0.3, 0.4) is 0 Å². The van der Waals surface area contributed by atoms with Crippen molar-refractivity contribution >= 4 is 22.3 Å². The minimum Gasteiger partial charge on any atom is -0.481 e. The second kappa shape index (κ2) is 8.27. The molecule has 0 saturated carbocycles. The number of urea groups is 1. The van der Waals surface area contributed by atoms with E-state index in [1.54, 1.807) is 18.0 Å². The van der Waals surface area contributed by atoms with Gasteiger partial charge in [0, 0.05) is 37.0 Å². The molecule has 1 aliphatic carbocycles. The fraction of sp³-hybridized carbons (Fsp3) is 0.318. The number of rotatable bonds is 4. The average Bonchev–Trinajstić information content (AvgIpc) is 3.22. The van der Waals surface area contributed by atoms with Crippen molar-refractivity contribution in [2.75, 3.05) is 19.0 Å². The molecule has 0 saturated heterocycles. The molecule has 2 aromatic heterocycles. The van der Waals surface area contributed by atoms with Crippen LogP contribution in [0.5, 0.6) is 11.8 Å². The van der Waals surface area contributed by atoms with Gasteiger partial charge in [0.05, 0.1) is 19.4 Å². The zero-order valence-corrected chi connectivity index (χ0v) is 18.5. The van der Waals surface area contributed by atoms with E-state index in [1.165, 1.54) is 11.8 Å². The molecule has 0 spiro atoms. The van der Waals surface area contributed by atoms with Gasteiger partial charge in [0.2, 0.25) is 5.88 Å². The minimum absolute atomic E-state index is 0.297. The number of nitrogens with zero attached hydrogens (tertiary/aromatic N) is 4. The smallest absolute Gasteiger partial charge is 0.322 e. The van der Waals surface area contributed by atoms with Gasteiger partial charge in [-0.05, 0) is 40.0 Å². The number of pyridine rings is 1. The van der Waals surface area contributed by atoms with E-state index < -0.39 is 16.6 Å². The Labute approximate surface area is 187 Å². The third-order valence-electron chi connectivity index (χ3n) is 5.71. The number of aryl methyl sites for hydroxylation is 1. The highest BCUT2D eigenvalue weighted by atomic mass is 32.2. The van der Waals surface area contributed by atoms with E-state index in [4.69, 9.17) is 9.47 Å². The third kappa shape index (κ3) is 3.60. The fourth-order valence-corrected chi connectivity index (χ4v) is 4.93. The molecule has 5 rings (SSSR count). The molecule has 1 aromatic carbocycles. The second-order valence-corrected chi connectivity index (χ2v) is 8.88. The number of nitrogens with one attached hydrogen (secondary N) is 1. The predicted octanol–water partition coefficient (Wildman–Crippen LogP) is 4.13. The number of benzene rings is 1. The Kier molecular flexibility index (Phi) is 5.30. The van der Waals surface area contributed by atoms with E-state index in [1.807, 2.05) is 18.2 Å². The molecule has 166 valence electrons. The van der Waals surface area contributed by atoms with Gasteiger partial charge in [0.15, 0.2) is 5.88 Å². The minimum atomic E-state index is -1.93. The van der Waals surface area contributed by atoms with Gasteiger partial charge in [-0.2, -0.15) is 5.10 Å². The largest absolute Gasteiger partial charge is 0.481 e. The van der Waals surface area contributed by atoms with Crippen LogP contribution >= 0.6 is 0 Å². The number of hydrogen-bond donors (Lipinski definition) is 1. The Morgan fingerprint density at radius 1 is 1.38 bits per heavy atom. The van der Waals surface area contributed by atoms with E-state index in [-0.39, 0.29) is 0 Å². The van der Waals surface area contributed by atoms with Gasteiger partial charge in [0.1, 0.15) is 0 Å². The first-order chi connectivity index (χ1) is 15.5. The van der Waals surface area contributed by atoms with Crippen LogP contribution in [0, 0.1) is 0 Å². The summed E-state index contributed by atoms with van der Waals surface area (Å²) in [5.41, 5.74) is 4.61. The average molecular weight is 453 g/mol. The third-order valence-corrected chi connectivity index (χ3v) is 6.70. The van der Waals surface area contributed by atoms with Gasteiger partial charge < -0.3 is 23.4 Å². The summed E-state index contributed by atoms with van der Waals surface area (Å²) in [6.07, 6.45) is 4.88. The summed E-state index contributed by atoms with van der Waals surface area (Å²) in [7, 11) is -0.372. The highest BCUT2D eigenvalue weighted by Crippen LogP contribution is 2.45. The van der Waals surface area contributed by atoms with Crippen LogP contribution in [-0.2, 0) is 27.8 Å². The summed E-state index contributed by atoms with van der Waals surface area (Å²) in [5, 5.41) is 7.06. The van der Waals surface area contributed by atoms with Crippen molar-refractivity contribution in [2.45, 2.75) is 37.1 Å². The van der Waals surface area contributed by atoms with Gasteiger partial charge in [0.25, 0.3) is 0 Å². The van der Waals surface area contributed by atoms with Crippen molar-refractivity contribution in [3.8, 4) is 22.9 Å². The van der Waals surface area contributed by atoms with Gasteiger partial charge in [-0.3, -0.25) is 0 Å². The number of aromatic nitrogens is 3. The van der Waals surface area contributed by atoms with Crippen molar-refractivity contribution < 1.29 is 18.5 Å². The van der Waals surface area contributed by atoms with Crippen LogP contribution in [0.1, 0.15) is 30.4 Å². The Morgan fingerprint density at radius 3 is 3.06 bits per heavy atom. The SMILES string of the molecule is COc1cc(-c2ccc3c(c2NC(=O)N=[S-](=O)c2cnn4c2OCCC4)[C@@H](C)C3)ccn1. The molecule has 2 amide bonds. The standard InChI is InChI=1S/C22H22N5O4S/c1-13-10-15-4-5-16(14-6-7-23-18(11-14)30-2)20(19(13)15)25-22(28)26-32(29)17-12-24-27-8-3-9-31-21(17)27/h4-7,11-13H,3,8-10H2,1-2H3,(H,25,28)/q-1/t13-/m0/s1. The monoisotopic (exact) mass is 452 g/mol. The molecule has 32 heavy (non-hydrogen) atoms. The van der Waals surface area contributed by atoms with Crippen molar-refractivity contribution in [3.63, 3.8) is 0 Å². The summed E-state index contributed by atoms with van der Waals surface area (Å²) >= 11 is 0. The lowest BCUT2D eigenvalue weighted by Crippen LogP contribution is -2.20. The van der Waals surface area contributed by atoms with Gasteiger partial charge >= 0.3 is 6.03 Å². The molecular formula is C22H22N5O4S-. The maximum atomic E-state index is 12.8. The topological polar surface area (TPSA) is 108 Å². The first kappa shape index (κ1) is 20.5. The van der Waals surface area contributed by atoms with Crippen molar-refractivity contribution in [2.24, 2.45) is 4.36 Å². The number of carbonyl (C=O) groups excluding carboxylic acids is 1. The summed E-state index contributed by atoms with van der Waals surface area (Å²) < 4.78 is 29.1. The molecule has 1 N–H and O–H groups in total. The van der Waals surface area contributed by atoms with E-state index in [0.717, 1.165) is 29.5 Å². The zero-order chi connectivity index (χ0) is 22.2. The number of methoxy groups -OCH3 is 1. The van der Waals surface area contributed by atoms with E-state index in [0.29, 0.717) is 41.4 Å². The van der Waals surface area contributed by atoms with Crippen molar-refractivity contribution in [1.82, 2.24) is 14.8 Å². The Hall–Kier alpha value is -3.40. The maximum absolute atomic E-state index is 12.8. The number of fused-ring (bicyclic) bond motifs is 2. The first-order valence-electron chi connectivity index (χ1n) is 10.3. The molecule has 2 aliphatic rings. The van der Waals surface area contributed by atoms with Crippen LogP contribution in [-0.4, -0.2) is 34.5 Å². The highest BCUT2D eigenvalue weighted by molar-refractivity contribution is 7.75.